The van der Waals surface area contributed by atoms with Crippen LogP contribution >= 0.6 is 0 Å². The third kappa shape index (κ3) is 2.38. The summed E-state index contributed by atoms with van der Waals surface area (Å²) >= 11 is 0. The maximum Gasteiger partial charge on any atom is 0.212 e. The van der Waals surface area contributed by atoms with Gasteiger partial charge < -0.3 is 0 Å². The highest BCUT2D eigenvalue weighted by atomic mass is 14.9. The molecule has 2 rings (SSSR count). The molecule has 0 unspecified atom stereocenters. The van der Waals surface area contributed by atoms with E-state index in [9.17, 15) is 0 Å². The van der Waals surface area contributed by atoms with Gasteiger partial charge in [-0.05, 0) is 30.0 Å². The molecule has 88 valence electrons. The molecule has 1 aromatic carbocycles. The minimum absolute atomic E-state index is 0.443. The van der Waals surface area contributed by atoms with Gasteiger partial charge in [0, 0.05) is 17.7 Å². The average molecular weight is 227 g/mol. The highest BCUT2D eigenvalue weighted by molar-refractivity contribution is 5.61. The predicted molar refractivity (Wildman–Crippen MR) is 71.9 cm³/mol. The molecule has 0 aliphatic carbocycles. The molecule has 0 radical (unpaired) electrons. The van der Waals surface area contributed by atoms with E-state index < -0.39 is 0 Å². The molecule has 0 atom stereocenters. The molecule has 0 spiro atoms. The first kappa shape index (κ1) is 10.5. The summed E-state index contributed by atoms with van der Waals surface area (Å²) in [6.45, 7) is 6.44. The van der Waals surface area contributed by atoms with Crippen LogP contribution in [0.1, 0.15) is 32.3 Å². The molecule has 1 heterocycles. The molecule has 2 aromatic rings. The molecule has 0 amide bonds. The van der Waals surface area contributed by atoms with Gasteiger partial charge in [0.25, 0.3) is 0 Å². The largest absolute Gasteiger partial charge is 0.212 e. The first-order valence-corrected chi connectivity index (χ1v) is 6.07. The number of pyridine rings is 1. The Morgan fingerprint density at radius 2 is 1.88 bits per heavy atom. The normalized spacial score (nSPS) is 11.7. The molecule has 0 N–H and O–H groups in total. The van der Waals surface area contributed by atoms with E-state index >= 15 is 0 Å². The van der Waals surface area contributed by atoms with Gasteiger partial charge in [-0.1, -0.05) is 32.0 Å². The molecule has 0 aliphatic heterocycles. The van der Waals surface area contributed by atoms with Crippen molar-refractivity contribution in [2.75, 3.05) is 0 Å². The molecule has 1 heteroatoms. The topological polar surface area (TPSA) is 3.88 Å². The van der Waals surface area contributed by atoms with E-state index in [0.717, 1.165) is 5.69 Å². The number of aryl methyl sites for hydroxylation is 1. The van der Waals surface area contributed by atoms with Crippen molar-refractivity contribution < 1.29 is 5.94 Å². The fourth-order valence-corrected chi connectivity index (χ4v) is 1.99. The third-order valence-corrected chi connectivity index (χ3v) is 3.18. The van der Waals surface area contributed by atoms with Crippen LogP contribution in [0, 0.1) is 6.92 Å². The van der Waals surface area contributed by atoms with Crippen LogP contribution < -0.4 is 4.57 Å². The van der Waals surface area contributed by atoms with Crippen LogP contribution in [0.5, 0.6) is 0 Å². The van der Waals surface area contributed by atoms with Crippen LogP contribution in [0.15, 0.2) is 42.6 Å². The highest BCUT2D eigenvalue weighted by Gasteiger charge is 2.13. The Kier molecular flexibility index (Phi) is 2.91. The lowest BCUT2D eigenvalue weighted by molar-refractivity contribution is -0.660. The van der Waals surface area contributed by atoms with Gasteiger partial charge in [-0.15, -0.1) is 0 Å². The Labute approximate surface area is 105 Å². The maximum atomic E-state index is 8.08. The lowest BCUT2D eigenvalue weighted by atomic mass is 9.99. The van der Waals surface area contributed by atoms with Crippen LogP contribution in [-0.4, -0.2) is 0 Å². The summed E-state index contributed by atoms with van der Waals surface area (Å²) in [6.07, 6.45) is 0.555. The zero-order valence-electron chi connectivity index (χ0n) is 12.0. The quantitative estimate of drug-likeness (QED) is 0.690. The zero-order valence-corrected chi connectivity index (χ0v) is 11.0. The van der Waals surface area contributed by atoms with Crippen LogP contribution in [0.2, 0.25) is 0 Å². The van der Waals surface area contributed by atoms with Crippen molar-refractivity contribution in [3.63, 3.8) is 0 Å². The van der Waals surface area contributed by atoms with E-state index in [2.05, 4.69) is 39.0 Å². The smallest absolute Gasteiger partial charge is 0.201 e. The van der Waals surface area contributed by atoms with Crippen LogP contribution in [-0.2, 0) is 7.05 Å². The van der Waals surface area contributed by atoms with Crippen LogP contribution in [0.25, 0.3) is 11.3 Å². The first-order chi connectivity index (χ1) is 8.50. The van der Waals surface area contributed by atoms with Gasteiger partial charge in [-0.2, -0.15) is 0 Å². The molecule has 0 saturated carbocycles. The number of benzene rings is 1. The Morgan fingerprint density at radius 3 is 2.53 bits per heavy atom. The molecular formula is C16H20N+. The molecule has 17 heavy (non-hydrogen) atoms. The molecule has 1 nitrogen and oxygen atoms in total. The second kappa shape index (κ2) is 4.70. The van der Waals surface area contributed by atoms with Crippen LogP contribution in [0.3, 0.4) is 0 Å². The fraction of sp³-hybridized carbons (Fsp3) is 0.312. The molecule has 0 fully saturated rings. The Bertz CT molecular complexity index is 573. The second-order valence-electron chi connectivity index (χ2n) is 4.83. The molecule has 0 bridgehead atoms. The van der Waals surface area contributed by atoms with Gasteiger partial charge >= 0.3 is 0 Å². The van der Waals surface area contributed by atoms with Gasteiger partial charge in [-0.25, -0.2) is 4.57 Å². The van der Waals surface area contributed by atoms with Crippen molar-refractivity contribution in [1.82, 2.24) is 0 Å². The van der Waals surface area contributed by atoms with Crippen LogP contribution in [0.4, 0.5) is 0 Å². The van der Waals surface area contributed by atoms with Gasteiger partial charge in [-0.3, -0.25) is 0 Å². The van der Waals surface area contributed by atoms with E-state index in [-0.39, 0.29) is 0 Å². The molecular weight excluding hydrogens is 206 g/mol. The van der Waals surface area contributed by atoms with Gasteiger partial charge in [0.15, 0.2) is 6.17 Å². The van der Waals surface area contributed by atoms with Gasteiger partial charge in [0.05, 0.1) is 0 Å². The number of aromatic nitrogens is 1. The summed E-state index contributed by atoms with van der Waals surface area (Å²) in [5.74, 6) is 0.443. The Balaban J connectivity index is 2.67. The van der Waals surface area contributed by atoms with Crippen molar-refractivity contribution >= 4 is 0 Å². The lowest BCUT2D eigenvalue weighted by Gasteiger charge is -2.08. The summed E-state index contributed by atoms with van der Waals surface area (Å²) in [5, 5.41) is 0. The summed E-state index contributed by atoms with van der Waals surface area (Å²) in [5.41, 5.74) is 4.78. The Morgan fingerprint density at radius 1 is 1.18 bits per heavy atom. The molecule has 0 saturated heterocycles. The van der Waals surface area contributed by atoms with E-state index in [1.54, 1.807) is 0 Å². The molecule has 0 aliphatic rings. The third-order valence-electron chi connectivity index (χ3n) is 3.18. The van der Waals surface area contributed by atoms with Crippen molar-refractivity contribution in [3.8, 4) is 11.3 Å². The zero-order chi connectivity index (χ0) is 13.3. The Hall–Kier alpha value is -1.63. The second-order valence-corrected chi connectivity index (χ2v) is 4.83. The maximum absolute atomic E-state index is 8.08. The standard InChI is InChI=1S/C16H20N/c1-12(2)14-9-10-17(4)16(11-14)15-8-6-5-7-13(15)3/h5-12H,1-4H3/q+1/i10D. The SMILES string of the molecule is [2H]c1cc(C(C)C)cc(-c2ccccc2C)[n+]1C. The molecule has 1 aromatic heterocycles. The minimum atomic E-state index is 0.443. The minimum Gasteiger partial charge on any atom is -0.201 e. The number of hydrogen-bond donors (Lipinski definition) is 0. The lowest BCUT2D eigenvalue weighted by Crippen LogP contribution is -2.30. The predicted octanol–water partition coefficient (Wildman–Crippen LogP) is 3.61. The van der Waals surface area contributed by atoms with Crippen molar-refractivity contribution in [2.24, 2.45) is 7.05 Å². The average Bonchev–Trinajstić information content (AvgIpc) is 2.33. The summed E-state index contributed by atoms with van der Waals surface area (Å²) < 4.78 is 10.0. The van der Waals surface area contributed by atoms with Crippen molar-refractivity contribution in [2.45, 2.75) is 26.7 Å². The van der Waals surface area contributed by atoms with Crippen molar-refractivity contribution in [1.29, 1.82) is 0 Å². The van der Waals surface area contributed by atoms with E-state index in [1.807, 2.05) is 29.8 Å². The van der Waals surface area contributed by atoms with Gasteiger partial charge in [0.2, 0.25) is 5.69 Å². The monoisotopic (exact) mass is 227 g/mol. The fourth-order valence-electron chi connectivity index (χ4n) is 1.99. The van der Waals surface area contributed by atoms with E-state index in [0.29, 0.717) is 12.1 Å². The number of hydrogen-bond acceptors (Lipinski definition) is 0. The first-order valence-electron chi connectivity index (χ1n) is 6.57. The summed E-state index contributed by atoms with van der Waals surface area (Å²) in [4.78, 5) is 0. The number of rotatable bonds is 2. The number of nitrogens with zero attached hydrogens (tertiary/aromatic N) is 1. The van der Waals surface area contributed by atoms with Gasteiger partial charge in [0.1, 0.15) is 8.42 Å². The highest BCUT2D eigenvalue weighted by Crippen LogP contribution is 2.23. The van der Waals surface area contributed by atoms with E-state index in [4.69, 9.17) is 1.37 Å². The van der Waals surface area contributed by atoms with Crippen molar-refractivity contribution in [3.05, 3.63) is 53.7 Å². The van der Waals surface area contributed by atoms with E-state index in [1.165, 1.54) is 16.7 Å². The summed E-state index contributed by atoms with van der Waals surface area (Å²) in [7, 11) is 1.95. The summed E-state index contributed by atoms with van der Waals surface area (Å²) in [6, 6.07) is 12.5.